The van der Waals surface area contributed by atoms with Crippen LogP contribution in [0.4, 0.5) is 5.69 Å². The van der Waals surface area contributed by atoms with Crippen LogP contribution in [0.1, 0.15) is 43.8 Å². The van der Waals surface area contributed by atoms with Crippen molar-refractivity contribution < 1.29 is 14.7 Å². The summed E-state index contributed by atoms with van der Waals surface area (Å²) in [5, 5.41) is 18.0. The van der Waals surface area contributed by atoms with E-state index in [2.05, 4.69) is 10.2 Å². The first-order valence-electron chi connectivity index (χ1n) is 10.3. The number of carbonyl (C=O) groups excluding carboxylic acids is 1. The van der Waals surface area contributed by atoms with Crippen molar-refractivity contribution in [2.75, 3.05) is 11.4 Å². The number of para-hydroxylation sites is 1. The van der Waals surface area contributed by atoms with Crippen LogP contribution in [-0.4, -0.2) is 55.3 Å². The predicted molar refractivity (Wildman–Crippen MR) is 107 cm³/mol. The van der Waals surface area contributed by atoms with Gasteiger partial charge < -0.3 is 14.6 Å². The van der Waals surface area contributed by atoms with Crippen LogP contribution >= 0.6 is 0 Å². The first kappa shape index (κ1) is 19.6. The average Bonchev–Trinajstić information content (AvgIpc) is 3.09. The molecule has 1 amide bonds. The van der Waals surface area contributed by atoms with Crippen molar-refractivity contribution in [2.45, 2.75) is 64.2 Å². The van der Waals surface area contributed by atoms with Gasteiger partial charge in [-0.25, -0.2) is 0 Å². The average molecular weight is 397 g/mol. The molecule has 1 aliphatic carbocycles. The van der Waals surface area contributed by atoms with Gasteiger partial charge in [-0.3, -0.25) is 14.5 Å². The van der Waals surface area contributed by atoms with Crippen LogP contribution in [0.25, 0.3) is 0 Å². The van der Waals surface area contributed by atoms with E-state index in [0.29, 0.717) is 18.2 Å². The Labute approximate surface area is 170 Å². The Bertz CT molecular complexity index is 876. The zero-order valence-electron chi connectivity index (χ0n) is 16.7. The third-order valence-corrected chi connectivity index (χ3v) is 6.02. The maximum absolute atomic E-state index is 13.4. The number of amides is 1. The van der Waals surface area contributed by atoms with Gasteiger partial charge in [-0.1, -0.05) is 37.5 Å². The minimum atomic E-state index is -0.930. The molecule has 0 spiro atoms. The number of aromatic nitrogens is 3. The van der Waals surface area contributed by atoms with Crippen LogP contribution < -0.4 is 4.90 Å². The largest absolute Gasteiger partial charge is 0.480 e. The number of benzene rings is 1. The summed E-state index contributed by atoms with van der Waals surface area (Å²) in [5.74, 6) is 0.418. The number of aryl methyl sites for hydroxylation is 1. The molecule has 1 N–H and O–H groups in total. The van der Waals surface area contributed by atoms with Crippen molar-refractivity contribution in [1.82, 2.24) is 19.7 Å². The molecule has 4 rings (SSSR count). The van der Waals surface area contributed by atoms with Crippen molar-refractivity contribution in [3.8, 4) is 0 Å². The van der Waals surface area contributed by atoms with E-state index in [1.165, 1.54) is 6.42 Å². The van der Waals surface area contributed by atoms with Crippen molar-refractivity contribution in [3.63, 3.8) is 0 Å². The third kappa shape index (κ3) is 4.03. The highest BCUT2D eigenvalue weighted by atomic mass is 16.4. The summed E-state index contributed by atoms with van der Waals surface area (Å²) in [6.07, 6.45) is 5.40. The lowest BCUT2D eigenvalue weighted by atomic mass is 9.93. The Hall–Kier alpha value is -2.74. The van der Waals surface area contributed by atoms with Crippen molar-refractivity contribution in [2.24, 2.45) is 0 Å². The molecule has 1 aromatic carbocycles. The van der Waals surface area contributed by atoms with Crippen molar-refractivity contribution in [1.29, 1.82) is 0 Å². The quantitative estimate of drug-likeness (QED) is 0.832. The topological polar surface area (TPSA) is 91.6 Å². The highest BCUT2D eigenvalue weighted by molar-refractivity contribution is 5.95. The molecule has 8 heteroatoms. The fourth-order valence-electron chi connectivity index (χ4n) is 4.50. The Morgan fingerprint density at radius 3 is 2.55 bits per heavy atom. The number of carboxylic acid groups (broad SMARTS) is 1. The summed E-state index contributed by atoms with van der Waals surface area (Å²) < 4.78 is 1.83. The Kier molecular flexibility index (Phi) is 5.62. The minimum absolute atomic E-state index is 0.0499. The van der Waals surface area contributed by atoms with Gasteiger partial charge in [0, 0.05) is 11.7 Å². The van der Waals surface area contributed by atoms with Gasteiger partial charge in [0.15, 0.2) is 0 Å². The fourth-order valence-corrected chi connectivity index (χ4v) is 4.50. The second-order valence-corrected chi connectivity index (χ2v) is 7.92. The fraction of sp³-hybridized carbons (Fsp3) is 0.524. The zero-order chi connectivity index (χ0) is 20.4. The molecule has 1 unspecified atom stereocenters. The molecule has 1 fully saturated rings. The van der Waals surface area contributed by atoms with E-state index >= 15 is 0 Å². The molecule has 2 heterocycles. The first-order valence-corrected chi connectivity index (χ1v) is 10.3. The molecule has 29 heavy (non-hydrogen) atoms. The first-order chi connectivity index (χ1) is 14.0. The summed E-state index contributed by atoms with van der Waals surface area (Å²) in [4.78, 5) is 29.0. The van der Waals surface area contributed by atoms with Gasteiger partial charge in [-0.15, -0.1) is 10.2 Å². The number of carboxylic acids is 1. The van der Waals surface area contributed by atoms with Gasteiger partial charge in [0.2, 0.25) is 5.91 Å². The lowest BCUT2D eigenvalue weighted by molar-refractivity contribution is -0.145. The molecule has 0 saturated heterocycles. The van der Waals surface area contributed by atoms with E-state index in [-0.39, 0.29) is 25.0 Å². The molecule has 1 aliphatic heterocycles. The van der Waals surface area contributed by atoms with Gasteiger partial charge in [0.1, 0.15) is 17.7 Å². The van der Waals surface area contributed by atoms with Crippen molar-refractivity contribution in [3.05, 3.63) is 42.0 Å². The second kappa shape index (κ2) is 8.32. The van der Waals surface area contributed by atoms with Gasteiger partial charge in [0.25, 0.3) is 0 Å². The number of fused-ring (bicyclic) bond motifs is 1. The molecular weight excluding hydrogens is 370 g/mol. The molecule has 2 aromatic rings. The maximum Gasteiger partial charge on any atom is 0.322 e. The van der Waals surface area contributed by atoms with E-state index in [1.807, 2.05) is 46.7 Å². The molecule has 0 radical (unpaired) electrons. The molecule has 1 saturated carbocycles. The molecule has 1 atom stereocenters. The van der Waals surface area contributed by atoms with Gasteiger partial charge in [0.05, 0.1) is 19.6 Å². The highest BCUT2D eigenvalue weighted by Crippen LogP contribution is 2.28. The SMILES string of the molecule is Cc1nnc2n1CC(C(=O)O)N(CC(=O)N(c1ccccc1)C1CCCCC1)C2. The smallest absolute Gasteiger partial charge is 0.322 e. The summed E-state index contributed by atoms with van der Waals surface area (Å²) >= 11 is 0. The number of nitrogens with zero attached hydrogens (tertiary/aromatic N) is 5. The van der Waals surface area contributed by atoms with Crippen LogP contribution in [0.15, 0.2) is 30.3 Å². The van der Waals surface area contributed by atoms with Crippen LogP contribution in [0.5, 0.6) is 0 Å². The maximum atomic E-state index is 13.4. The van der Waals surface area contributed by atoms with Crippen LogP contribution in [0.3, 0.4) is 0 Å². The van der Waals surface area contributed by atoms with E-state index in [4.69, 9.17) is 0 Å². The lowest BCUT2D eigenvalue weighted by Crippen LogP contribution is -2.53. The molecule has 154 valence electrons. The summed E-state index contributed by atoms with van der Waals surface area (Å²) in [7, 11) is 0. The summed E-state index contributed by atoms with van der Waals surface area (Å²) in [6, 6.07) is 9.11. The zero-order valence-corrected chi connectivity index (χ0v) is 16.7. The van der Waals surface area contributed by atoms with Gasteiger partial charge in [-0.05, 0) is 31.9 Å². The number of hydrogen-bond donors (Lipinski definition) is 1. The normalized spacial score (nSPS) is 20.2. The van der Waals surface area contributed by atoms with Crippen molar-refractivity contribution >= 4 is 17.6 Å². The summed E-state index contributed by atoms with van der Waals surface area (Å²) in [5.41, 5.74) is 0.882. The molecule has 1 aromatic heterocycles. The number of anilines is 1. The van der Waals surface area contributed by atoms with E-state index in [1.54, 1.807) is 4.90 Å². The molecule has 2 aliphatic rings. The van der Waals surface area contributed by atoms with Gasteiger partial charge >= 0.3 is 5.97 Å². The second-order valence-electron chi connectivity index (χ2n) is 7.92. The van der Waals surface area contributed by atoms with Crippen LogP contribution in [-0.2, 0) is 22.7 Å². The highest BCUT2D eigenvalue weighted by Gasteiger charge is 2.36. The monoisotopic (exact) mass is 397 g/mol. The number of hydrogen-bond acceptors (Lipinski definition) is 5. The van der Waals surface area contributed by atoms with Crippen LogP contribution in [0.2, 0.25) is 0 Å². The molecule has 0 bridgehead atoms. The Morgan fingerprint density at radius 1 is 1.14 bits per heavy atom. The molecule has 8 nitrogen and oxygen atoms in total. The van der Waals surface area contributed by atoms with E-state index < -0.39 is 12.0 Å². The van der Waals surface area contributed by atoms with Crippen LogP contribution in [0, 0.1) is 6.92 Å². The third-order valence-electron chi connectivity index (χ3n) is 6.02. The van der Waals surface area contributed by atoms with E-state index in [0.717, 1.165) is 31.4 Å². The predicted octanol–water partition coefficient (Wildman–Crippen LogP) is 2.22. The Morgan fingerprint density at radius 2 is 1.86 bits per heavy atom. The van der Waals surface area contributed by atoms with Gasteiger partial charge in [-0.2, -0.15) is 0 Å². The lowest BCUT2D eigenvalue weighted by Gasteiger charge is -2.38. The molecular formula is C21H27N5O3. The number of aliphatic carboxylic acids is 1. The summed E-state index contributed by atoms with van der Waals surface area (Å²) in [6.45, 7) is 2.42. The number of carbonyl (C=O) groups is 2. The standard InChI is InChI=1S/C21H27N5O3/c1-15-22-23-19-13-24(18(21(28)29)12-25(15)19)14-20(27)26(16-8-4-2-5-9-16)17-10-6-3-7-11-17/h2,4-5,8-9,17-18H,3,6-7,10-14H2,1H3,(H,28,29). The van der Waals surface area contributed by atoms with E-state index in [9.17, 15) is 14.7 Å². The minimum Gasteiger partial charge on any atom is -0.480 e. The Balaban J connectivity index is 1.58. The number of rotatable bonds is 5.